The van der Waals surface area contributed by atoms with Crippen LogP contribution < -0.4 is 14.8 Å². The fourth-order valence-corrected chi connectivity index (χ4v) is 4.03. The van der Waals surface area contributed by atoms with Gasteiger partial charge in [-0.2, -0.15) is 0 Å². The molecule has 3 unspecified atom stereocenters. The third kappa shape index (κ3) is 4.93. The summed E-state index contributed by atoms with van der Waals surface area (Å²) in [6.45, 7) is 3.85. The molecule has 1 aromatic carbocycles. The Morgan fingerprint density at radius 3 is 2.70 bits per heavy atom. The molecule has 1 aliphatic carbocycles. The molecular formula is C22H29N3O5. The fraction of sp³-hybridized carbons (Fsp3) is 0.500. The van der Waals surface area contributed by atoms with E-state index in [0.717, 1.165) is 5.56 Å². The molecule has 0 saturated heterocycles. The van der Waals surface area contributed by atoms with Crippen LogP contribution in [0, 0.1) is 0 Å². The second-order valence-corrected chi connectivity index (χ2v) is 7.46. The molecule has 30 heavy (non-hydrogen) atoms. The SMILES string of the molecule is CCOc1cc(C2CC(OC(C)=O)CCC2NC(=O)c2cncn2C)ccc1OC. The molecule has 1 aliphatic rings. The van der Waals surface area contributed by atoms with Crippen molar-refractivity contribution in [1.82, 2.24) is 14.9 Å². The van der Waals surface area contributed by atoms with Gasteiger partial charge in [0.1, 0.15) is 11.8 Å². The van der Waals surface area contributed by atoms with Gasteiger partial charge in [0.15, 0.2) is 11.5 Å². The number of aromatic nitrogens is 2. The van der Waals surface area contributed by atoms with Gasteiger partial charge in [0.05, 0.1) is 26.2 Å². The van der Waals surface area contributed by atoms with Crippen LogP contribution in [0.1, 0.15) is 55.1 Å². The number of rotatable bonds is 7. The molecule has 8 nitrogen and oxygen atoms in total. The summed E-state index contributed by atoms with van der Waals surface area (Å²) in [6, 6.07) is 5.69. The average molecular weight is 415 g/mol. The molecular weight excluding hydrogens is 386 g/mol. The van der Waals surface area contributed by atoms with Crippen LogP contribution in [0.4, 0.5) is 0 Å². The number of aryl methyl sites for hydroxylation is 1. The molecule has 1 fully saturated rings. The Morgan fingerprint density at radius 2 is 2.07 bits per heavy atom. The zero-order valence-electron chi connectivity index (χ0n) is 17.9. The van der Waals surface area contributed by atoms with Crippen LogP contribution in [0.15, 0.2) is 30.7 Å². The van der Waals surface area contributed by atoms with Gasteiger partial charge < -0.3 is 24.1 Å². The standard InChI is InChI=1S/C22H29N3O5/c1-5-29-21-10-15(6-9-20(21)28-4)17-11-16(30-14(2)26)7-8-18(17)24-22(27)19-12-23-13-25(19)3/h6,9-10,12-13,16-18H,5,7-8,11H2,1-4H3,(H,24,27). The van der Waals surface area contributed by atoms with Gasteiger partial charge in [-0.05, 0) is 43.9 Å². The van der Waals surface area contributed by atoms with Crippen molar-refractivity contribution in [2.45, 2.75) is 51.2 Å². The predicted octanol–water partition coefficient (Wildman–Crippen LogP) is 2.83. The molecule has 1 saturated carbocycles. The Labute approximate surface area is 176 Å². The van der Waals surface area contributed by atoms with Crippen molar-refractivity contribution in [3.05, 3.63) is 42.0 Å². The Bertz CT molecular complexity index is 895. The van der Waals surface area contributed by atoms with E-state index in [0.29, 0.717) is 43.1 Å². The van der Waals surface area contributed by atoms with E-state index in [9.17, 15) is 9.59 Å². The fourth-order valence-electron chi connectivity index (χ4n) is 4.03. The van der Waals surface area contributed by atoms with Gasteiger partial charge in [-0.25, -0.2) is 4.98 Å². The zero-order chi connectivity index (χ0) is 21.7. The second-order valence-electron chi connectivity index (χ2n) is 7.46. The van der Waals surface area contributed by atoms with E-state index >= 15 is 0 Å². The molecule has 3 atom stereocenters. The number of ether oxygens (including phenoxy) is 3. The van der Waals surface area contributed by atoms with Crippen molar-refractivity contribution in [3.8, 4) is 11.5 Å². The van der Waals surface area contributed by atoms with Gasteiger partial charge >= 0.3 is 5.97 Å². The summed E-state index contributed by atoms with van der Waals surface area (Å²) >= 11 is 0. The van der Waals surface area contributed by atoms with Crippen molar-refractivity contribution in [2.75, 3.05) is 13.7 Å². The van der Waals surface area contributed by atoms with Crippen molar-refractivity contribution < 1.29 is 23.8 Å². The molecule has 3 rings (SSSR count). The van der Waals surface area contributed by atoms with E-state index in [1.807, 2.05) is 25.1 Å². The first-order valence-electron chi connectivity index (χ1n) is 10.2. The minimum absolute atomic E-state index is 0.0367. The van der Waals surface area contributed by atoms with Crippen LogP contribution in [0.5, 0.6) is 11.5 Å². The topological polar surface area (TPSA) is 91.7 Å². The third-order valence-electron chi connectivity index (χ3n) is 5.42. The lowest BCUT2D eigenvalue weighted by Gasteiger charge is -2.36. The number of hydrogen-bond donors (Lipinski definition) is 1. The van der Waals surface area contributed by atoms with E-state index in [1.54, 1.807) is 31.2 Å². The van der Waals surface area contributed by atoms with Gasteiger partial charge in [-0.15, -0.1) is 0 Å². The van der Waals surface area contributed by atoms with Crippen LogP contribution in [0.3, 0.4) is 0 Å². The number of benzene rings is 1. The Morgan fingerprint density at radius 1 is 1.27 bits per heavy atom. The van der Waals surface area contributed by atoms with Crippen molar-refractivity contribution in [3.63, 3.8) is 0 Å². The molecule has 8 heteroatoms. The largest absolute Gasteiger partial charge is 0.493 e. The summed E-state index contributed by atoms with van der Waals surface area (Å²) < 4.78 is 18.3. The number of nitrogens with one attached hydrogen (secondary N) is 1. The van der Waals surface area contributed by atoms with Gasteiger partial charge in [0, 0.05) is 25.9 Å². The van der Waals surface area contributed by atoms with E-state index in [2.05, 4.69) is 10.3 Å². The molecule has 1 amide bonds. The van der Waals surface area contributed by atoms with Gasteiger partial charge in [-0.1, -0.05) is 6.07 Å². The number of nitrogens with zero attached hydrogens (tertiary/aromatic N) is 2. The number of methoxy groups -OCH3 is 1. The Hall–Kier alpha value is -3.03. The summed E-state index contributed by atoms with van der Waals surface area (Å²) in [6.07, 6.45) is 4.98. The summed E-state index contributed by atoms with van der Waals surface area (Å²) in [5, 5.41) is 3.15. The molecule has 1 heterocycles. The lowest BCUT2D eigenvalue weighted by Crippen LogP contribution is -2.44. The summed E-state index contributed by atoms with van der Waals surface area (Å²) in [5.74, 6) is 0.813. The molecule has 0 spiro atoms. The van der Waals surface area contributed by atoms with Gasteiger partial charge in [0.25, 0.3) is 5.91 Å². The van der Waals surface area contributed by atoms with E-state index in [-0.39, 0.29) is 29.9 Å². The summed E-state index contributed by atoms with van der Waals surface area (Å²) in [5.41, 5.74) is 1.51. The predicted molar refractivity (Wildman–Crippen MR) is 111 cm³/mol. The first-order chi connectivity index (χ1) is 14.4. The Kier molecular flexibility index (Phi) is 6.97. The summed E-state index contributed by atoms with van der Waals surface area (Å²) in [7, 11) is 3.39. The molecule has 0 bridgehead atoms. The minimum Gasteiger partial charge on any atom is -0.493 e. The number of hydrogen-bond acceptors (Lipinski definition) is 6. The van der Waals surface area contributed by atoms with E-state index in [4.69, 9.17) is 14.2 Å². The normalized spacial score (nSPS) is 21.0. The minimum atomic E-state index is -0.291. The number of carbonyl (C=O) groups is 2. The molecule has 162 valence electrons. The smallest absolute Gasteiger partial charge is 0.302 e. The van der Waals surface area contributed by atoms with Crippen LogP contribution in [0.2, 0.25) is 0 Å². The molecule has 0 radical (unpaired) electrons. The van der Waals surface area contributed by atoms with Crippen molar-refractivity contribution in [2.24, 2.45) is 7.05 Å². The van der Waals surface area contributed by atoms with Crippen LogP contribution >= 0.6 is 0 Å². The quantitative estimate of drug-likeness (QED) is 0.699. The maximum absolute atomic E-state index is 12.8. The number of carbonyl (C=O) groups excluding carboxylic acids is 2. The number of amides is 1. The highest BCUT2D eigenvalue weighted by Crippen LogP contribution is 2.38. The van der Waals surface area contributed by atoms with Crippen LogP contribution in [-0.4, -0.2) is 47.3 Å². The number of imidazole rings is 1. The maximum Gasteiger partial charge on any atom is 0.302 e. The lowest BCUT2D eigenvalue weighted by molar-refractivity contribution is -0.148. The lowest BCUT2D eigenvalue weighted by atomic mass is 9.78. The molecule has 1 aromatic heterocycles. The average Bonchev–Trinajstić information content (AvgIpc) is 3.15. The molecule has 1 N–H and O–H groups in total. The first kappa shape index (κ1) is 21.7. The van der Waals surface area contributed by atoms with Crippen molar-refractivity contribution >= 4 is 11.9 Å². The summed E-state index contributed by atoms with van der Waals surface area (Å²) in [4.78, 5) is 28.3. The van der Waals surface area contributed by atoms with Crippen LogP contribution in [-0.2, 0) is 16.6 Å². The van der Waals surface area contributed by atoms with Gasteiger partial charge in [0.2, 0.25) is 0 Å². The first-order valence-corrected chi connectivity index (χ1v) is 10.2. The monoisotopic (exact) mass is 415 g/mol. The van der Waals surface area contributed by atoms with E-state index in [1.165, 1.54) is 6.92 Å². The van der Waals surface area contributed by atoms with Crippen molar-refractivity contribution in [1.29, 1.82) is 0 Å². The highest BCUT2D eigenvalue weighted by molar-refractivity contribution is 5.92. The number of esters is 1. The zero-order valence-corrected chi connectivity index (χ0v) is 17.9. The maximum atomic E-state index is 12.8. The highest BCUT2D eigenvalue weighted by Gasteiger charge is 2.35. The third-order valence-corrected chi connectivity index (χ3v) is 5.42. The Balaban J connectivity index is 1.87. The highest BCUT2D eigenvalue weighted by atomic mass is 16.5. The van der Waals surface area contributed by atoms with E-state index < -0.39 is 0 Å². The molecule has 2 aromatic rings. The molecule has 0 aliphatic heterocycles. The van der Waals surface area contributed by atoms with Gasteiger partial charge in [-0.3, -0.25) is 9.59 Å². The second kappa shape index (κ2) is 9.65. The van der Waals surface area contributed by atoms with Crippen LogP contribution in [0.25, 0.3) is 0 Å².